The highest BCUT2D eigenvalue weighted by Gasteiger charge is 2.25. The third-order valence-electron chi connectivity index (χ3n) is 7.20. The zero-order chi connectivity index (χ0) is 30.6. The number of nitrogens with one attached hydrogen (secondary N) is 1. The van der Waals surface area contributed by atoms with Gasteiger partial charge in [0.15, 0.2) is 11.0 Å². The van der Waals surface area contributed by atoms with Gasteiger partial charge in [-0.3, -0.25) is 14.7 Å². The molecule has 0 unspecified atom stereocenters. The van der Waals surface area contributed by atoms with Crippen molar-refractivity contribution in [3.05, 3.63) is 149 Å². The summed E-state index contributed by atoms with van der Waals surface area (Å²) in [7, 11) is 0. The highest BCUT2D eigenvalue weighted by Crippen LogP contribution is 2.38. The van der Waals surface area contributed by atoms with Crippen LogP contribution in [0, 0.1) is 10.1 Å². The number of fused-ring (bicyclic) bond motifs is 1. The van der Waals surface area contributed by atoms with Crippen molar-refractivity contribution in [3.63, 3.8) is 0 Å². The molecule has 0 radical (unpaired) electrons. The van der Waals surface area contributed by atoms with Gasteiger partial charge in [-0.1, -0.05) is 90.1 Å². The Morgan fingerprint density at radius 3 is 2.36 bits per heavy atom. The van der Waals surface area contributed by atoms with E-state index in [1.54, 1.807) is 23.0 Å². The fraction of sp³-hybridized carbons (Fsp3) is 0.0606. The van der Waals surface area contributed by atoms with E-state index in [0.29, 0.717) is 39.3 Å². The third kappa shape index (κ3) is 5.86. The molecular weight excluding hydrogens is 586 g/mol. The van der Waals surface area contributed by atoms with Crippen LogP contribution in [0.2, 0.25) is 0 Å². The van der Waals surface area contributed by atoms with Crippen LogP contribution in [0.1, 0.15) is 17.3 Å². The zero-order valence-electron chi connectivity index (χ0n) is 23.7. The molecule has 4 aromatic carbocycles. The maximum Gasteiger partial charge on any atom is 0.283 e. The summed E-state index contributed by atoms with van der Waals surface area (Å²) in [5.41, 5.74) is 3.99. The molecule has 0 amide bonds. The maximum atomic E-state index is 12.5. The van der Waals surface area contributed by atoms with E-state index in [-0.39, 0.29) is 10.6 Å². The lowest BCUT2D eigenvalue weighted by Crippen LogP contribution is -2.21. The molecule has 0 aliphatic carbocycles. The quantitative estimate of drug-likeness (QED) is 0.130. The average Bonchev–Trinajstić information content (AvgIpc) is 3.69. The van der Waals surface area contributed by atoms with Gasteiger partial charge in [-0.25, -0.2) is 9.67 Å². The molecule has 3 aromatic heterocycles. The van der Waals surface area contributed by atoms with Gasteiger partial charge in [0.2, 0.25) is 0 Å². The fourth-order valence-electron chi connectivity index (χ4n) is 5.06. The molecule has 0 spiro atoms. The highest BCUT2D eigenvalue weighted by atomic mass is 32.2. The molecule has 0 fully saturated rings. The van der Waals surface area contributed by atoms with E-state index in [9.17, 15) is 10.1 Å². The summed E-state index contributed by atoms with van der Waals surface area (Å²) in [5.74, 6) is 1.27. The number of nitro groups is 1. The molecule has 11 nitrogen and oxygen atoms in total. The first-order chi connectivity index (χ1) is 22.1. The van der Waals surface area contributed by atoms with Gasteiger partial charge in [-0.05, 0) is 47.7 Å². The molecule has 0 saturated heterocycles. The van der Waals surface area contributed by atoms with Crippen molar-refractivity contribution < 1.29 is 4.92 Å². The topological polar surface area (TPSA) is 129 Å². The van der Waals surface area contributed by atoms with Gasteiger partial charge in [0.25, 0.3) is 5.69 Å². The Morgan fingerprint density at radius 1 is 0.822 bits per heavy atom. The predicted octanol–water partition coefficient (Wildman–Crippen LogP) is 6.85. The van der Waals surface area contributed by atoms with Crippen LogP contribution in [0.5, 0.6) is 0 Å². The number of pyridine rings is 1. The van der Waals surface area contributed by atoms with Crippen LogP contribution in [-0.4, -0.2) is 39.7 Å². The van der Waals surface area contributed by atoms with E-state index in [2.05, 4.69) is 30.8 Å². The lowest BCUT2D eigenvalue weighted by molar-refractivity contribution is -0.387. The van der Waals surface area contributed by atoms with Gasteiger partial charge < -0.3 is 5.32 Å². The maximum absolute atomic E-state index is 12.5. The Hall–Kier alpha value is -5.88. The minimum atomic E-state index is -0.628. The number of nitrogens with zero attached hydrogens (tertiary/aromatic N) is 8. The van der Waals surface area contributed by atoms with Crippen LogP contribution >= 0.6 is 11.8 Å². The van der Waals surface area contributed by atoms with E-state index in [1.807, 2.05) is 114 Å². The normalized spacial score (nSPS) is 11.8. The van der Waals surface area contributed by atoms with Gasteiger partial charge in [0.1, 0.15) is 17.5 Å². The molecule has 45 heavy (non-hydrogen) atoms. The first kappa shape index (κ1) is 27.9. The van der Waals surface area contributed by atoms with E-state index < -0.39 is 6.17 Å². The molecule has 0 aliphatic heterocycles. The van der Waals surface area contributed by atoms with Crippen LogP contribution < -0.4 is 5.32 Å². The van der Waals surface area contributed by atoms with E-state index in [0.717, 1.165) is 16.6 Å². The molecular formula is C33H25N9O2S. The number of nitro benzene ring substituents is 1. The largest absolute Gasteiger partial charge is 0.345 e. The minimum absolute atomic E-state index is 0.0646. The lowest BCUT2D eigenvalue weighted by Gasteiger charge is -2.21. The molecule has 0 bridgehead atoms. The summed E-state index contributed by atoms with van der Waals surface area (Å²) < 4.78 is 3.69. The van der Waals surface area contributed by atoms with Crippen LogP contribution in [-0.2, 0) is 6.54 Å². The number of rotatable bonds is 10. The highest BCUT2D eigenvalue weighted by molar-refractivity contribution is 7.99. The lowest BCUT2D eigenvalue weighted by atomic mass is 10.1. The number of aromatic nitrogens is 7. The summed E-state index contributed by atoms with van der Waals surface area (Å²) in [6, 6.07) is 38.0. The first-order valence-electron chi connectivity index (χ1n) is 14.1. The second kappa shape index (κ2) is 12.4. The van der Waals surface area contributed by atoms with Gasteiger partial charge >= 0.3 is 0 Å². The van der Waals surface area contributed by atoms with Crippen molar-refractivity contribution in [2.75, 3.05) is 5.32 Å². The van der Waals surface area contributed by atoms with Gasteiger partial charge in [-0.15, -0.1) is 15.3 Å². The summed E-state index contributed by atoms with van der Waals surface area (Å²) in [4.78, 5) is 17.0. The molecule has 0 saturated carbocycles. The molecule has 1 atom stereocenters. The number of anilines is 1. The number of benzene rings is 4. The second-order valence-corrected chi connectivity index (χ2v) is 11.1. The fourth-order valence-corrected chi connectivity index (χ4v) is 5.97. The van der Waals surface area contributed by atoms with Crippen molar-refractivity contribution in [2.45, 2.75) is 22.8 Å². The summed E-state index contributed by atoms with van der Waals surface area (Å²) in [6.45, 7) is 0.502. The Morgan fingerprint density at radius 2 is 1.58 bits per heavy atom. The summed E-state index contributed by atoms with van der Waals surface area (Å²) >= 11 is 1.21. The van der Waals surface area contributed by atoms with Crippen molar-refractivity contribution in [2.24, 2.45) is 0 Å². The molecule has 0 aliphatic rings. The van der Waals surface area contributed by atoms with Gasteiger partial charge in [0.05, 0.1) is 21.9 Å². The smallest absolute Gasteiger partial charge is 0.283 e. The Labute approximate surface area is 261 Å². The molecule has 3 heterocycles. The average molecular weight is 612 g/mol. The zero-order valence-corrected chi connectivity index (χ0v) is 24.5. The summed E-state index contributed by atoms with van der Waals surface area (Å²) in [6.07, 6.45) is 1.05. The van der Waals surface area contributed by atoms with E-state index in [4.69, 9.17) is 0 Å². The van der Waals surface area contributed by atoms with Gasteiger partial charge in [-0.2, -0.15) is 0 Å². The van der Waals surface area contributed by atoms with Crippen LogP contribution in [0.15, 0.2) is 138 Å². The Balaban J connectivity index is 1.29. The number of hydrogen-bond acceptors (Lipinski definition) is 9. The number of para-hydroxylation sites is 1. The first-order valence-corrected chi connectivity index (χ1v) is 14.9. The van der Waals surface area contributed by atoms with Crippen LogP contribution in [0.3, 0.4) is 0 Å². The van der Waals surface area contributed by atoms with Crippen molar-refractivity contribution in [3.8, 4) is 11.4 Å². The Kier molecular flexibility index (Phi) is 7.69. The minimum Gasteiger partial charge on any atom is -0.345 e. The molecule has 7 aromatic rings. The monoisotopic (exact) mass is 611 g/mol. The molecule has 1 N–H and O–H groups in total. The van der Waals surface area contributed by atoms with Crippen LogP contribution in [0.25, 0.3) is 22.4 Å². The summed E-state index contributed by atoms with van der Waals surface area (Å²) in [5, 5.41) is 34.1. The van der Waals surface area contributed by atoms with E-state index in [1.165, 1.54) is 11.8 Å². The Bertz CT molecular complexity index is 2080. The van der Waals surface area contributed by atoms with Crippen molar-refractivity contribution in [1.29, 1.82) is 0 Å². The molecule has 7 rings (SSSR count). The number of hydrogen-bond donors (Lipinski definition) is 1. The van der Waals surface area contributed by atoms with Crippen molar-refractivity contribution >= 4 is 34.3 Å². The van der Waals surface area contributed by atoms with E-state index >= 15 is 0 Å². The third-order valence-corrected chi connectivity index (χ3v) is 8.25. The van der Waals surface area contributed by atoms with Crippen molar-refractivity contribution in [1.82, 2.24) is 34.7 Å². The van der Waals surface area contributed by atoms with Gasteiger partial charge in [0, 0.05) is 23.4 Å². The second-order valence-electron chi connectivity index (χ2n) is 10.1. The SMILES string of the molecule is O=[N+]([O-])c1cc([C@H](Nc2ccccn2)n2nnc3ccccc32)ccc1Sc1nnc(-c2ccccc2)n1Cc1ccccc1. The standard InChI is InChI=1S/C33H25N9O2S/c43-42(44)28-21-25(31(35-30-17-9-10-20-34-30)41-27-16-8-7-15-26(27)36-39-41)18-19-29(28)45-33-38-37-32(24-13-5-2-6-14-24)40(33)22-23-11-3-1-4-12-23/h1-21,31H,22H2,(H,34,35)/t31-/m1/s1. The van der Waals surface area contributed by atoms with Crippen LogP contribution in [0.4, 0.5) is 11.5 Å². The molecule has 12 heteroatoms. The predicted molar refractivity (Wildman–Crippen MR) is 172 cm³/mol. The molecule has 220 valence electrons.